The SMILES string of the molecule is CC(F)=CCN.Cl.Cl.Cl. The summed E-state index contributed by atoms with van der Waals surface area (Å²) in [5.41, 5.74) is 4.91. The van der Waals surface area contributed by atoms with E-state index in [4.69, 9.17) is 5.73 Å². The number of nitrogens with two attached hydrogens (primary N) is 1. The summed E-state index contributed by atoms with van der Waals surface area (Å²) in [5, 5.41) is 0. The average molecular weight is 198 g/mol. The molecule has 0 aromatic carbocycles. The zero-order valence-electron chi connectivity index (χ0n) is 4.96. The van der Waals surface area contributed by atoms with Crippen LogP contribution in [0.5, 0.6) is 0 Å². The summed E-state index contributed by atoms with van der Waals surface area (Å²) in [6.45, 7) is 1.66. The van der Waals surface area contributed by atoms with Crippen molar-refractivity contribution in [2.75, 3.05) is 6.54 Å². The maximum absolute atomic E-state index is 11.5. The highest BCUT2D eigenvalue weighted by atomic mass is 35.5. The summed E-state index contributed by atoms with van der Waals surface area (Å²) < 4.78 is 11.5. The lowest BCUT2D eigenvalue weighted by Gasteiger charge is -1.76. The molecule has 0 atom stereocenters. The number of allylic oxidation sites excluding steroid dienone is 1. The number of rotatable bonds is 1. The number of hydrogen-bond donors (Lipinski definition) is 1. The Labute approximate surface area is 73.1 Å². The molecule has 0 aliphatic carbocycles. The molecule has 0 aliphatic rings. The van der Waals surface area contributed by atoms with E-state index in [0.29, 0.717) is 6.54 Å². The van der Waals surface area contributed by atoms with Crippen molar-refractivity contribution >= 4 is 37.2 Å². The number of hydrogen-bond acceptors (Lipinski definition) is 1. The van der Waals surface area contributed by atoms with Gasteiger partial charge in [0.1, 0.15) is 0 Å². The summed E-state index contributed by atoms with van der Waals surface area (Å²) in [6, 6.07) is 0. The van der Waals surface area contributed by atoms with Gasteiger partial charge in [-0.05, 0) is 13.0 Å². The van der Waals surface area contributed by atoms with Gasteiger partial charge in [-0.2, -0.15) is 0 Å². The van der Waals surface area contributed by atoms with Gasteiger partial charge in [-0.15, -0.1) is 37.2 Å². The fraction of sp³-hybridized carbons (Fsp3) is 0.500. The molecule has 0 saturated heterocycles. The van der Waals surface area contributed by atoms with Gasteiger partial charge in [0.15, 0.2) is 0 Å². The minimum atomic E-state index is -0.211. The van der Waals surface area contributed by atoms with Crippen LogP contribution in [-0.2, 0) is 0 Å². The van der Waals surface area contributed by atoms with E-state index >= 15 is 0 Å². The van der Waals surface area contributed by atoms with E-state index in [1.165, 1.54) is 13.0 Å². The van der Waals surface area contributed by atoms with Crippen molar-refractivity contribution in [3.05, 3.63) is 11.9 Å². The maximum Gasteiger partial charge on any atom is 0.0941 e. The summed E-state index contributed by atoms with van der Waals surface area (Å²) >= 11 is 0. The standard InChI is InChI=1S/C4H8FN.3ClH/c1-4(5)2-3-6;;;/h2H,3,6H2,1H3;3*1H. The second-order valence-electron chi connectivity index (χ2n) is 1.03. The molecule has 0 unspecified atom stereocenters. The van der Waals surface area contributed by atoms with Crippen molar-refractivity contribution in [2.24, 2.45) is 5.73 Å². The molecule has 0 amide bonds. The van der Waals surface area contributed by atoms with Crippen molar-refractivity contribution in [3.63, 3.8) is 0 Å². The van der Waals surface area contributed by atoms with Crippen LogP contribution in [0, 0.1) is 0 Å². The smallest absolute Gasteiger partial charge is 0.0941 e. The molecule has 0 aromatic rings. The van der Waals surface area contributed by atoms with Gasteiger partial charge in [-0.1, -0.05) is 0 Å². The molecular formula is C4H11Cl3FN. The summed E-state index contributed by atoms with van der Waals surface area (Å²) in [6.07, 6.45) is 1.32. The van der Waals surface area contributed by atoms with Gasteiger partial charge < -0.3 is 5.73 Å². The van der Waals surface area contributed by atoms with E-state index in [1.807, 2.05) is 0 Å². The Morgan fingerprint density at radius 3 is 1.78 bits per heavy atom. The van der Waals surface area contributed by atoms with Crippen molar-refractivity contribution in [1.29, 1.82) is 0 Å². The van der Waals surface area contributed by atoms with E-state index in [0.717, 1.165) is 0 Å². The molecule has 2 N–H and O–H groups in total. The normalized spacial score (nSPS) is 8.11. The van der Waals surface area contributed by atoms with Crippen LogP contribution in [0.15, 0.2) is 11.9 Å². The molecule has 5 heteroatoms. The maximum atomic E-state index is 11.5. The third-order valence-corrected chi connectivity index (χ3v) is 0.399. The molecule has 1 nitrogen and oxygen atoms in total. The van der Waals surface area contributed by atoms with E-state index in [9.17, 15) is 4.39 Å². The molecule has 60 valence electrons. The Balaban J connectivity index is -0.0000000417. The van der Waals surface area contributed by atoms with Crippen LogP contribution in [0.2, 0.25) is 0 Å². The van der Waals surface area contributed by atoms with Gasteiger partial charge in [-0.25, -0.2) is 4.39 Å². The molecular weight excluding hydrogens is 187 g/mol. The van der Waals surface area contributed by atoms with Crippen molar-refractivity contribution in [2.45, 2.75) is 6.92 Å². The van der Waals surface area contributed by atoms with E-state index < -0.39 is 0 Å². The molecule has 0 radical (unpaired) electrons. The fourth-order valence-electron chi connectivity index (χ4n) is 0.162. The highest BCUT2D eigenvalue weighted by molar-refractivity contribution is 5.86. The number of halogens is 4. The molecule has 0 saturated carbocycles. The molecule has 0 aliphatic heterocycles. The van der Waals surface area contributed by atoms with Crippen LogP contribution in [0.25, 0.3) is 0 Å². The average Bonchev–Trinajstić information content (AvgIpc) is 1.35. The minimum absolute atomic E-state index is 0. The van der Waals surface area contributed by atoms with Crippen LogP contribution in [-0.4, -0.2) is 6.54 Å². The lowest BCUT2D eigenvalue weighted by Crippen LogP contribution is -1.92. The van der Waals surface area contributed by atoms with Gasteiger partial charge in [0.05, 0.1) is 5.83 Å². The van der Waals surface area contributed by atoms with E-state index in [2.05, 4.69) is 0 Å². The lowest BCUT2D eigenvalue weighted by molar-refractivity contribution is 0.636. The van der Waals surface area contributed by atoms with Crippen LogP contribution >= 0.6 is 37.2 Å². The molecule has 0 aromatic heterocycles. The zero-order valence-corrected chi connectivity index (χ0v) is 7.41. The van der Waals surface area contributed by atoms with Crippen LogP contribution < -0.4 is 5.73 Å². The Morgan fingerprint density at radius 1 is 1.44 bits per heavy atom. The van der Waals surface area contributed by atoms with Crippen LogP contribution in [0.1, 0.15) is 6.92 Å². The topological polar surface area (TPSA) is 26.0 Å². The quantitative estimate of drug-likeness (QED) is 0.686. The molecule has 0 rings (SSSR count). The minimum Gasteiger partial charge on any atom is -0.327 e. The second-order valence-corrected chi connectivity index (χ2v) is 1.03. The molecule has 0 bridgehead atoms. The molecule has 9 heavy (non-hydrogen) atoms. The first-order chi connectivity index (χ1) is 2.77. The van der Waals surface area contributed by atoms with E-state index in [-0.39, 0.29) is 43.0 Å². The predicted octanol–water partition coefficient (Wildman–Crippen LogP) is 2.08. The Kier molecular flexibility index (Phi) is 39.8. The summed E-state index contributed by atoms with van der Waals surface area (Å²) in [4.78, 5) is 0. The van der Waals surface area contributed by atoms with Gasteiger partial charge in [0.25, 0.3) is 0 Å². The Bertz CT molecular complexity index is 62.8. The predicted molar refractivity (Wildman–Crippen MR) is 45.7 cm³/mol. The van der Waals surface area contributed by atoms with Crippen molar-refractivity contribution < 1.29 is 4.39 Å². The van der Waals surface area contributed by atoms with Gasteiger partial charge in [0, 0.05) is 6.54 Å². The first-order valence-electron chi connectivity index (χ1n) is 1.79. The first kappa shape index (κ1) is 22.7. The van der Waals surface area contributed by atoms with Crippen LogP contribution in [0.4, 0.5) is 4.39 Å². The zero-order chi connectivity index (χ0) is 4.99. The highest BCUT2D eigenvalue weighted by Gasteiger charge is 1.72. The van der Waals surface area contributed by atoms with Gasteiger partial charge in [-0.3, -0.25) is 0 Å². The third-order valence-electron chi connectivity index (χ3n) is 0.399. The van der Waals surface area contributed by atoms with E-state index in [1.54, 1.807) is 0 Å². The van der Waals surface area contributed by atoms with Crippen LogP contribution in [0.3, 0.4) is 0 Å². The van der Waals surface area contributed by atoms with Gasteiger partial charge >= 0.3 is 0 Å². The first-order valence-corrected chi connectivity index (χ1v) is 1.79. The Hall–Kier alpha value is 0.500. The molecule has 0 heterocycles. The molecule has 0 spiro atoms. The summed E-state index contributed by atoms with van der Waals surface area (Å²) in [7, 11) is 0. The largest absolute Gasteiger partial charge is 0.327 e. The third kappa shape index (κ3) is 29.3. The van der Waals surface area contributed by atoms with Crippen molar-refractivity contribution in [1.82, 2.24) is 0 Å². The highest BCUT2D eigenvalue weighted by Crippen LogP contribution is 1.87. The van der Waals surface area contributed by atoms with Crippen molar-refractivity contribution in [3.8, 4) is 0 Å². The monoisotopic (exact) mass is 197 g/mol. The molecule has 0 fully saturated rings. The summed E-state index contributed by atoms with van der Waals surface area (Å²) in [5.74, 6) is -0.211. The Morgan fingerprint density at radius 2 is 1.78 bits per heavy atom. The fourth-order valence-corrected chi connectivity index (χ4v) is 0.162. The lowest BCUT2D eigenvalue weighted by atomic mass is 10.5. The van der Waals surface area contributed by atoms with Gasteiger partial charge in [0.2, 0.25) is 0 Å². The second kappa shape index (κ2) is 15.8.